The van der Waals surface area contributed by atoms with E-state index >= 15 is 0 Å². The first-order valence-electron chi connectivity index (χ1n) is 8.05. The van der Waals surface area contributed by atoms with E-state index in [0.717, 1.165) is 5.92 Å². The van der Waals surface area contributed by atoms with E-state index in [4.69, 9.17) is 4.74 Å². The molecule has 1 saturated heterocycles. The summed E-state index contributed by atoms with van der Waals surface area (Å²) in [5, 5.41) is 8.03. The molecule has 1 aromatic heterocycles. The quantitative estimate of drug-likeness (QED) is 0.833. The van der Waals surface area contributed by atoms with Crippen molar-refractivity contribution in [3.05, 3.63) is 18.0 Å². The molecule has 21 heavy (non-hydrogen) atoms. The van der Waals surface area contributed by atoms with Crippen molar-refractivity contribution in [3.63, 3.8) is 0 Å². The first kappa shape index (κ1) is 16.5. The third-order valence-electron chi connectivity index (χ3n) is 4.20. The number of aromatic nitrogens is 2. The molecule has 0 bridgehead atoms. The number of ether oxygens (including phenoxy) is 1. The molecule has 1 aliphatic heterocycles. The molecule has 1 aliphatic rings. The predicted molar refractivity (Wildman–Crippen MR) is 85.3 cm³/mol. The van der Waals surface area contributed by atoms with Gasteiger partial charge in [0.2, 0.25) is 0 Å². The minimum atomic E-state index is 0.226. The van der Waals surface area contributed by atoms with Crippen LogP contribution in [0.25, 0.3) is 0 Å². The van der Waals surface area contributed by atoms with Gasteiger partial charge in [-0.05, 0) is 37.9 Å². The predicted octanol–water partition coefficient (Wildman–Crippen LogP) is 1.82. The van der Waals surface area contributed by atoms with Gasteiger partial charge < -0.3 is 15.0 Å². The molecule has 0 unspecified atom stereocenters. The Morgan fingerprint density at radius 3 is 2.62 bits per heavy atom. The summed E-state index contributed by atoms with van der Waals surface area (Å²) >= 11 is 0. The lowest BCUT2D eigenvalue weighted by molar-refractivity contribution is 0.135. The molecule has 5 heteroatoms. The van der Waals surface area contributed by atoms with Gasteiger partial charge in [0, 0.05) is 32.9 Å². The first-order chi connectivity index (χ1) is 10.1. The van der Waals surface area contributed by atoms with Crippen molar-refractivity contribution in [1.29, 1.82) is 0 Å². The number of methoxy groups -OCH3 is 1. The summed E-state index contributed by atoms with van der Waals surface area (Å²) in [6.45, 7) is 8.88. The van der Waals surface area contributed by atoms with Gasteiger partial charge in [0.25, 0.3) is 0 Å². The molecule has 120 valence electrons. The molecular weight excluding hydrogens is 264 g/mol. The van der Waals surface area contributed by atoms with Crippen LogP contribution >= 0.6 is 0 Å². The molecule has 0 spiro atoms. The zero-order valence-electron chi connectivity index (χ0n) is 13.9. The molecule has 1 aromatic rings. The molecule has 1 N–H and O–H groups in total. The van der Waals surface area contributed by atoms with Crippen LogP contribution in [0.3, 0.4) is 0 Å². The molecule has 0 saturated carbocycles. The number of piperidine rings is 1. The zero-order valence-corrected chi connectivity index (χ0v) is 13.9. The summed E-state index contributed by atoms with van der Waals surface area (Å²) in [6.07, 6.45) is 4.28. The van der Waals surface area contributed by atoms with Gasteiger partial charge in [-0.25, -0.2) is 0 Å². The molecule has 0 aliphatic carbocycles. The van der Waals surface area contributed by atoms with Gasteiger partial charge in [0.15, 0.2) is 0 Å². The molecular formula is C16H30N4O. The van der Waals surface area contributed by atoms with Crippen molar-refractivity contribution >= 4 is 0 Å². The summed E-state index contributed by atoms with van der Waals surface area (Å²) in [4.78, 5) is 2.58. The van der Waals surface area contributed by atoms with Gasteiger partial charge in [-0.2, -0.15) is 5.10 Å². The second kappa shape index (κ2) is 7.92. The Bertz CT molecular complexity index is 410. The molecule has 0 aromatic carbocycles. The van der Waals surface area contributed by atoms with E-state index in [2.05, 4.69) is 35.2 Å². The van der Waals surface area contributed by atoms with Crippen LogP contribution < -0.4 is 5.32 Å². The Hall–Kier alpha value is -0.910. The van der Waals surface area contributed by atoms with Crippen LogP contribution in [0, 0.1) is 5.92 Å². The van der Waals surface area contributed by atoms with Gasteiger partial charge in [0.1, 0.15) is 0 Å². The highest BCUT2D eigenvalue weighted by molar-refractivity contribution is 5.07. The van der Waals surface area contributed by atoms with Crippen LogP contribution in [0.2, 0.25) is 0 Å². The van der Waals surface area contributed by atoms with Crippen molar-refractivity contribution in [1.82, 2.24) is 20.0 Å². The highest BCUT2D eigenvalue weighted by atomic mass is 16.5. The van der Waals surface area contributed by atoms with E-state index < -0.39 is 0 Å². The second-order valence-corrected chi connectivity index (χ2v) is 6.52. The van der Waals surface area contributed by atoms with E-state index in [1.54, 1.807) is 7.11 Å². The van der Waals surface area contributed by atoms with Crippen LogP contribution in [0.5, 0.6) is 0 Å². The minimum absolute atomic E-state index is 0.226. The number of hydrogen-bond donors (Lipinski definition) is 1. The lowest BCUT2D eigenvalue weighted by Gasteiger charge is -2.35. The molecule has 2 rings (SSSR count). The number of hydrogen-bond acceptors (Lipinski definition) is 4. The number of aryl methyl sites for hydroxylation is 1. The SMILES string of the molecule is COC[C@@H](NC1CCN(CC(C)C)CC1)c1ccnn1C. The fourth-order valence-electron chi connectivity index (χ4n) is 3.19. The van der Waals surface area contributed by atoms with Crippen molar-refractivity contribution in [2.75, 3.05) is 33.4 Å². The van der Waals surface area contributed by atoms with E-state index in [9.17, 15) is 0 Å². The highest BCUT2D eigenvalue weighted by Crippen LogP contribution is 2.18. The molecule has 1 atom stereocenters. The van der Waals surface area contributed by atoms with Crippen LogP contribution in [0.15, 0.2) is 12.3 Å². The smallest absolute Gasteiger partial charge is 0.0731 e. The fraction of sp³-hybridized carbons (Fsp3) is 0.812. The normalized spacial score (nSPS) is 19.3. The summed E-state index contributed by atoms with van der Waals surface area (Å²) < 4.78 is 7.32. The first-order valence-corrected chi connectivity index (χ1v) is 8.05. The van der Waals surface area contributed by atoms with Gasteiger partial charge in [-0.3, -0.25) is 4.68 Å². The Labute approximate surface area is 128 Å². The molecule has 5 nitrogen and oxygen atoms in total. The summed E-state index contributed by atoms with van der Waals surface area (Å²) in [5.41, 5.74) is 1.20. The highest BCUT2D eigenvalue weighted by Gasteiger charge is 2.23. The van der Waals surface area contributed by atoms with E-state index in [-0.39, 0.29) is 6.04 Å². The van der Waals surface area contributed by atoms with Crippen molar-refractivity contribution < 1.29 is 4.74 Å². The lowest BCUT2D eigenvalue weighted by Crippen LogP contribution is -2.45. The Morgan fingerprint density at radius 1 is 1.38 bits per heavy atom. The van der Waals surface area contributed by atoms with Crippen LogP contribution in [0.1, 0.15) is 38.4 Å². The zero-order chi connectivity index (χ0) is 15.2. The van der Waals surface area contributed by atoms with E-state index in [1.807, 2.05) is 17.9 Å². The van der Waals surface area contributed by atoms with E-state index in [1.165, 1.54) is 38.2 Å². The number of nitrogens with zero attached hydrogens (tertiary/aromatic N) is 3. The molecule has 1 fully saturated rings. The van der Waals surface area contributed by atoms with Gasteiger partial charge in [0.05, 0.1) is 18.3 Å². The third kappa shape index (κ3) is 4.80. The van der Waals surface area contributed by atoms with Crippen LogP contribution in [0.4, 0.5) is 0 Å². The van der Waals surface area contributed by atoms with Crippen molar-refractivity contribution in [3.8, 4) is 0 Å². The number of likely N-dealkylation sites (tertiary alicyclic amines) is 1. The number of rotatable bonds is 7. The van der Waals surface area contributed by atoms with Crippen molar-refractivity contribution in [2.45, 2.75) is 38.8 Å². The van der Waals surface area contributed by atoms with Gasteiger partial charge in [-0.15, -0.1) is 0 Å². The average molecular weight is 294 g/mol. The lowest BCUT2D eigenvalue weighted by atomic mass is 10.0. The second-order valence-electron chi connectivity index (χ2n) is 6.52. The fourth-order valence-corrected chi connectivity index (χ4v) is 3.19. The average Bonchev–Trinajstić information content (AvgIpc) is 2.86. The largest absolute Gasteiger partial charge is 0.383 e. The molecule has 2 heterocycles. The third-order valence-corrected chi connectivity index (χ3v) is 4.20. The Kier molecular flexibility index (Phi) is 6.21. The van der Waals surface area contributed by atoms with Crippen LogP contribution in [-0.2, 0) is 11.8 Å². The summed E-state index contributed by atoms with van der Waals surface area (Å²) in [6, 6.07) is 2.87. The van der Waals surface area contributed by atoms with Gasteiger partial charge in [-0.1, -0.05) is 13.8 Å². The van der Waals surface area contributed by atoms with Crippen LogP contribution in [-0.4, -0.2) is 54.1 Å². The Morgan fingerprint density at radius 2 is 2.10 bits per heavy atom. The topological polar surface area (TPSA) is 42.3 Å². The standard InChI is InChI=1S/C16H30N4O/c1-13(2)11-20-9-6-14(7-10-20)18-15(12-21-4)16-5-8-17-19(16)3/h5,8,13-15,18H,6-7,9-12H2,1-4H3/t15-/m1/s1. The number of nitrogens with one attached hydrogen (secondary N) is 1. The van der Waals surface area contributed by atoms with Crippen molar-refractivity contribution in [2.24, 2.45) is 13.0 Å². The minimum Gasteiger partial charge on any atom is -0.383 e. The maximum absolute atomic E-state index is 5.38. The maximum Gasteiger partial charge on any atom is 0.0731 e. The van der Waals surface area contributed by atoms with Gasteiger partial charge >= 0.3 is 0 Å². The molecule has 0 radical (unpaired) electrons. The Balaban J connectivity index is 1.86. The monoisotopic (exact) mass is 294 g/mol. The van der Waals surface area contributed by atoms with E-state index in [0.29, 0.717) is 12.6 Å². The molecule has 0 amide bonds. The maximum atomic E-state index is 5.38. The summed E-state index contributed by atoms with van der Waals surface area (Å²) in [5.74, 6) is 0.755. The summed E-state index contributed by atoms with van der Waals surface area (Å²) in [7, 11) is 3.75.